The number of carboxylic acid groups (broad SMARTS) is 1. The van der Waals surface area contributed by atoms with Gasteiger partial charge in [0.2, 0.25) is 5.91 Å². The van der Waals surface area contributed by atoms with Gasteiger partial charge in [-0.25, -0.2) is 0 Å². The van der Waals surface area contributed by atoms with Gasteiger partial charge in [0.25, 0.3) is 0 Å². The second-order valence-electron chi connectivity index (χ2n) is 5.76. The van der Waals surface area contributed by atoms with Gasteiger partial charge in [-0.3, -0.25) is 9.59 Å². The van der Waals surface area contributed by atoms with Crippen LogP contribution in [0.5, 0.6) is 11.5 Å². The minimum Gasteiger partial charge on any atom is -0.480 e. The lowest BCUT2D eigenvalue weighted by molar-refractivity contribution is -0.144. The van der Waals surface area contributed by atoms with E-state index in [1.54, 1.807) is 0 Å². The number of para-hydroxylation sites is 2. The lowest BCUT2D eigenvalue weighted by Gasteiger charge is -2.31. The van der Waals surface area contributed by atoms with Crippen LogP contribution in [-0.2, 0) is 9.59 Å². The molecule has 24 heavy (non-hydrogen) atoms. The van der Waals surface area contributed by atoms with Crippen LogP contribution in [0.3, 0.4) is 0 Å². The smallest absolute Gasteiger partial charge is 0.323 e. The molecule has 0 unspecified atom stereocenters. The summed E-state index contributed by atoms with van der Waals surface area (Å²) < 4.78 is 5.89. The van der Waals surface area contributed by atoms with Crippen molar-refractivity contribution < 1.29 is 19.4 Å². The first-order chi connectivity index (χ1) is 11.6. The fourth-order valence-corrected chi connectivity index (χ4v) is 3.06. The molecule has 1 heterocycles. The summed E-state index contributed by atoms with van der Waals surface area (Å²) in [6.07, 6.45) is 0.700. The summed E-state index contributed by atoms with van der Waals surface area (Å²) in [5, 5.41) is 9.13. The molecule has 2 aromatic carbocycles. The highest BCUT2D eigenvalue weighted by Crippen LogP contribution is 2.44. The van der Waals surface area contributed by atoms with Crippen molar-refractivity contribution in [3.8, 4) is 11.5 Å². The summed E-state index contributed by atoms with van der Waals surface area (Å²) in [7, 11) is 0. The van der Waals surface area contributed by atoms with Crippen molar-refractivity contribution >= 4 is 11.9 Å². The maximum atomic E-state index is 13.2. The molecule has 1 aliphatic rings. The molecule has 3 rings (SSSR count). The molecule has 5 nitrogen and oxygen atoms in total. The molecule has 2 aromatic rings. The Hall–Kier alpha value is -2.82. The van der Waals surface area contributed by atoms with Gasteiger partial charge in [0.1, 0.15) is 18.0 Å². The summed E-state index contributed by atoms with van der Waals surface area (Å²) in [5.41, 5.74) is 1.54. The van der Waals surface area contributed by atoms with Gasteiger partial charge in [0, 0.05) is 17.7 Å². The summed E-state index contributed by atoms with van der Waals surface area (Å²) in [6, 6.07) is 14.8. The van der Waals surface area contributed by atoms with Crippen LogP contribution in [0.2, 0.25) is 0 Å². The quantitative estimate of drug-likeness (QED) is 0.916. The lowest BCUT2D eigenvalue weighted by Crippen LogP contribution is -2.40. The van der Waals surface area contributed by atoms with Crippen LogP contribution in [0.4, 0.5) is 0 Å². The molecule has 0 saturated heterocycles. The number of hydrogen-bond acceptors (Lipinski definition) is 3. The average Bonchev–Trinajstić information content (AvgIpc) is 2.58. The first-order valence-electron chi connectivity index (χ1n) is 7.98. The monoisotopic (exact) mass is 325 g/mol. The Morgan fingerprint density at radius 3 is 2.08 bits per heavy atom. The Kier molecular flexibility index (Phi) is 4.51. The van der Waals surface area contributed by atoms with Crippen LogP contribution in [0.1, 0.15) is 30.4 Å². The highest BCUT2D eigenvalue weighted by Gasteiger charge is 2.35. The Morgan fingerprint density at radius 1 is 1.04 bits per heavy atom. The van der Waals surface area contributed by atoms with E-state index in [4.69, 9.17) is 9.84 Å². The predicted octanol–water partition coefficient (Wildman–Crippen LogP) is 3.25. The van der Waals surface area contributed by atoms with Crippen molar-refractivity contribution in [1.29, 1.82) is 0 Å². The molecule has 0 bridgehead atoms. The SMILES string of the molecule is CCCN(CC(=O)O)C(=O)C1c2ccccc2Oc2ccccc21. The van der Waals surface area contributed by atoms with Crippen LogP contribution >= 0.6 is 0 Å². The van der Waals surface area contributed by atoms with E-state index in [0.717, 1.165) is 11.1 Å². The predicted molar refractivity (Wildman–Crippen MR) is 89.3 cm³/mol. The largest absolute Gasteiger partial charge is 0.480 e. The summed E-state index contributed by atoms with van der Waals surface area (Å²) >= 11 is 0. The van der Waals surface area contributed by atoms with E-state index < -0.39 is 11.9 Å². The van der Waals surface area contributed by atoms with Crippen LogP contribution < -0.4 is 4.74 Å². The van der Waals surface area contributed by atoms with Crippen LogP contribution in [-0.4, -0.2) is 35.0 Å². The number of carbonyl (C=O) groups is 2. The standard InChI is InChI=1S/C19H19NO4/c1-2-11-20(12-17(21)22)19(23)18-13-7-3-5-9-15(13)24-16-10-6-4-8-14(16)18/h3-10,18H,2,11-12H2,1H3,(H,21,22). The van der Waals surface area contributed by atoms with Crippen LogP contribution in [0, 0.1) is 0 Å². The average molecular weight is 325 g/mol. The Bertz CT molecular complexity index is 726. The third-order valence-corrected chi connectivity index (χ3v) is 4.06. The number of nitrogens with zero attached hydrogens (tertiary/aromatic N) is 1. The van der Waals surface area contributed by atoms with E-state index >= 15 is 0 Å². The first-order valence-corrected chi connectivity index (χ1v) is 7.98. The zero-order chi connectivity index (χ0) is 17.1. The molecule has 0 radical (unpaired) electrons. The maximum absolute atomic E-state index is 13.2. The van der Waals surface area contributed by atoms with Gasteiger partial charge in [0.05, 0.1) is 5.92 Å². The van der Waals surface area contributed by atoms with Crippen molar-refractivity contribution in [3.05, 3.63) is 59.7 Å². The van der Waals surface area contributed by atoms with E-state index in [0.29, 0.717) is 24.5 Å². The second-order valence-corrected chi connectivity index (χ2v) is 5.76. The minimum absolute atomic E-state index is 0.206. The van der Waals surface area contributed by atoms with Crippen LogP contribution in [0.25, 0.3) is 0 Å². The summed E-state index contributed by atoms with van der Waals surface area (Å²) in [4.78, 5) is 25.7. The highest BCUT2D eigenvalue weighted by atomic mass is 16.5. The number of benzene rings is 2. The number of rotatable bonds is 5. The Balaban J connectivity index is 2.05. The van der Waals surface area contributed by atoms with E-state index in [2.05, 4.69) is 0 Å². The molecular weight excluding hydrogens is 306 g/mol. The first kappa shape index (κ1) is 16.1. The molecule has 0 aromatic heterocycles. The number of hydrogen-bond donors (Lipinski definition) is 1. The molecule has 0 aliphatic carbocycles. The Labute approximate surface area is 140 Å². The third-order valence-electron chi connectivity index (χ3n) is 4.06. The van der Waals surface area contributed by atoms with Gasteiger partial charge in [-0.1, -0.05) is 43.3 Å². The van der Waals surface area contributed by atoms with Gasteiger partial charge in [-0.05, 0) is 18.6 Å². The van der Waals surface area contributed by atoms with E-state index in [1.165, 1.54) is 4.90 Å². The van der Waals surface area contributed by atoms with E-state index in [1.807, 2.05) is 55.5 Å². The fraction of sp³-hybridized carbons (Fsp3) is 0.263. The van der Waals surface area contributed by atoms with Gasteiger partial charge < -0.3 is 14.7 Å². The van der Waals surface area contributed by atoms with Crippen molar-refractivity contribution in [2.75, 3.05) is 13.1 Å². The van der Waals surface area contributed by atoms with Crippen molar-refractivity contribution in [3.63, 3.8) is 0 Å². The van der Waals surface area contributed by atoms with Gasteiger partial charge >= 0.3 is 5.97 Å². The van der Waals surface area contributed by atoms with Crippen molar-refractivity contribution in [1.82, 2.24) is 4.90 Å². The minimum atomic E-state index is -1.01. The highest BCUT2D eigenvalue weighted by molar-refractivity contribution is 5.91. The summed E-state index contributed by atoms with van der Waals surface area (Å²) in [5.74, 6) is -0.479. The number of ether oxygens (including phenoxy) is 1. The third kappa shape index (κ3) is 2.97. The fourth-order valence-electron chi connectivity index (χ4n) is 3.06. The lowest BCUT2D eigenvalue weighted by atomic mass is 9.86. The molecular formula is C19H19NO4. The molecule has 0 fully saturated rings. The number of aliphatic carboxylic acids is 1. The molecule has 1 aliphatic heterocycles. The molecule has 0 saturated carbocycles. The molecule has 124 valence electrons. The molecule has 5 heteroatoms. The maximum Gasteiger partial charge on any atom is 0.323 e. The van der Waals surface area contributed by atoms with Crippen molar-refractivity contribution in [2.24, 2.45) is 0 Å². The topological polar surface area (TPSA) is 66.8 Å². The van der Waals surface area contributed by atoms with Crippen molar-refractivity contribution in [2.45, 2.75) is 19.3 Å². The zero-order valence-electron chi connectivity index (χ0n) is 13.4. The molecule has 1 N–H and O–H groups in total. The van der Waals surface area contributed by atoms with E-state index in [-0.39, 0.29) is 12.5 Å². The Morgan fingerprint density at radius 2 is 1.58 bits per heavy atom. The molecule has 0 spiro atoms. The molecule has 1 amide bonds. The van der Waals surface area contributed by atoms with Gasteiger partial charge in [0.15, 0.2) is 0 Å². The number of carboxylic acids is 1. The van der Waals surface area contributed by atoms with Gasteiger partial charge in [-0.2, -0.15) is 0 Å². The number of amides is 1. The van der Waals surface area contributed by atoms with E-state index in [9.17, 15) is 9.59 Å². The second kappa shape index (κ2) is 6.74. The summed E-state index contributed by atoms with van der Waals surface area (Å²) in [6.45, 7) is 2.04. The number of fused-ring (bicyclic) bond motifs is 2. The van der Waals surface area contributed by atoms with Crippen LogP contribution in [0.15, 0.2) is 48.5 Å². The van der Waals surface area contributed by atoms with Gasteiger partial charge in [-0.15, -0.1) is 0 Å². The zero-order valence-corrected chi connectivity index (χ0v) is 13.4. The normalized spacial score (nSPS) is 12.7. The number of carbonyl (C=O) groups excluding carboxylic acids is 1. The molecule has 0 atom stereocenters.